The smallest absolute Gasteiger partial charge is 0.251 e. The first-order chi connectivity index (χ1) is 11.0. The zero-order valence-electron chi connectivity index (χ0n) is 13.0. The summed E-state index contributed by atoms with van der Waals surface area (Å²) in [4.78, 5) is 23.4. The number of benzene rings is 2. The molecule has 0 saturated heterocycles. The summed E-state index contributed by atoms with van der Waals surface area (Å²) in [7, 11) is 3.04. The maximum atomic E-state index is 12.3. The molecule has 0 unspecified atom stereocenters. The van der Waals surface area contributed by atoms with Crippen LogP contribution in [0.25, 0.3) is 0 Å². The minimum absolute atomic E-state index is 0.272. The summed E-state index contributed by atoms with van der Waals surface area (Å²) in [6, 6.07) is 11.7. The van der Waals surface area contributed by atoms with E-state index < -0.39 is 5.91 Å². The molecule has 0 aliphatic heterocycles. The van der Waals surface area contributed by atoms with Crippen LogP contribution in [0.5, 0.6) is 11.5 Å². The maximum Gasteiger partial charge on any atom is 0.251 e. The third-order valence-corrected chi connectivity index (χ3v) is 3.28. The van der Waals surface area contributed by atoms with Gasteiger partial charge in [0.15, 0.2) is 0 Å². The number of methoxy groups -OCH3 is 2. The highest BCUT2D eigenvalue weighted by molar-refractivity contribution is 5.95. The molecule has 0 radical (unpaired) electrons. The highest BCUT2D eigenvalue weighted by Crippen LogP contribution is 2.22. The second kappa shape index (κ2) is 7.31. The van der Waals surface area contributed by atoms with Gasteiger partial charge in [0.1, 0.15) is 11.5 Å². The van der Waals surface area contributed by atoms with Crippen molar-refractivity contribution in [1.82, 2.24) is 5.32 Å². The fourth-order valence-corrected chi connectivity index (χ4v) is 2.06. The van der Waals surface area contributed by atoms with E-state index in [1.165, 1.54) is 14.2 Å². The van der Waals surface area contributed by atoms with Crippen LogP contribution in [0.2, 0.25) is 0 Å². The van der Waals surface area contributed by atoms with E-state index in [4.69, 9.17) is 15.2 Å². The van der Waals surface area contributed by atoms with Crippen molar-refractivity contribution >= 4 is 11.8 Å². The van der Waals surface area contributed by atoms with E-state index in [1.807, 2.05) is 0 Å². The number of amides is 2. The van der Waals surface area contributed by atoms with Crippen molar-refractivity contribution in [3.05, 3.63) is 59.2 Å². The number of nitrogens with one attached hydrogen (secondary N) is 1. The standard InChI is InChI=1S/C17H18N2O4/c1-22-14-7-13(8-15(9-14)23-2)17(21)19-10-11-4-3-5-12(6-11)16(18)20/h3-9H,10H2,1-2H3,(H2,18,20)(H,19,21). The molecule has 120 valence electrons. The summed E-state index contributed by atoms with van der Waals surface area (Å²) >= 11 is 0. The Balaban J connectivity index is 2.10. The van der Waals surface area contributed by atoms with Crippen molar-refractivity contribution in [2.75, 3.05) is 14.2 Å². The summed E-state index contributed by atoms with van der Waals surface area (Å²) in [6.45, 7) is 0.277. The average Bonchev–Trinajstić information content (AvgIpc) is 2.59. The van der Waals surface area contributed by atoms with Crippen molar-refractivity contribution in [2.45, 2.75) is 6.54 Å². The van der Waals surface area contributed by atoms with Crippen molar-refractivity contribution in [2.24, 2.45) is 5.73 Å². The largest absolute Gasteiger partial charge is 0.497 e. The fraction of sp³-hybridized carbons (Fsp3) is 0.176. The summed E-state index contributed by atoms with van der Waals surface area (Å²) in [6.07, 6.45) is 0. The van der Waals surface area contributed by atoms with Crippen molar-refractivity contribution in [3.8, 4) is 11.5 Å². The maximum absolute atomic E-state index is 12.3. The lowest BCUT2D eigenvalue weighted by Crippen LogP contribution is -2.23. The first kappa shape index (κ1) is 16.4. The Bertz CT molecular complexity index is 706. The van der Waals surface area contributed by atoms with Gasteiger partial charge in [0, 0.05) is 23.7 Å². The third-order valence-electron chi connectivity index (χ3n) is 3.28. The van der Waals surface area contributed by atoms with Gasteiger partial charge in [-0.2, -0.15) is 0 Å². The molecule has 0 saturated carbocycles. The number of hydrogen-bond donors (Lipinski definition) is 2. The SMILES string of the molecule is COc1cc(OC)cc(C(=O)NCc2cccc(C(N)=O)c2)c1. The van der Waals surface area contributed by atoms with Crippen molar-refractivity contribution < 1.29 is 19.1 Å². The van der Waals surface area contributed by atoms with Gasteiger partial charge in [-0.3, -0.25) is 9.59 Å². The number of ether oxygens (including phenoxy) is 2. The van der Waals surface area contributed by atoms with Gasteiger partial charge in [0.25, 0.3) is 5.91 Å². The summed E-state index contributed by atoms with van der Waals surface area (Å²) in [5.41, 5.74) is 6.85. The Hall–Kier alpha value is -3.02. The van der Waals surface area contributed by atoms with Gasteiger partial charge in [-0.05, 0) is 29.8 Å². The second-order valence-corrected chi connectivity index (χ2v) is 4.85. The van der Waals surface area contributed by atoms with E-state index in [-0.39, 0.29) is 12.5 Å². The molecule has 0 aromatic heterocycles. The Morgan fingerprint density at radius 2 is 1.65 bits per heavy atom. The van der Waals surface area contributed by atoms with E-state index in [0.717, 1.165) is 5.56 Å². The highest BCUT2D eigenvalue weighted by Gasteiger charge is 2.10. The molecule has 2 rings (SSSR count). The van der Waals surface area contributed by atoms with E-state index in [1.54, 1.807) is 42.5 Å². The number of nitrogens with two attached hydrogens (primary N) is 1. The molecule has 3 N–H and O–H groups in total. The molecule has 2 aromatic rings. The van der Waals surface area contributed by atoms with Crippen LogP contribution in [-0.4, -0.2) is 26.0 Å². The molecule has 0 spiro atoms. The van der Waals surface area contributed by atoms with Crippen LogP contribution in [0.3, 0.4) is 0 Å². The molecular weight excluding hydrogens is 296 g/mol. The molecular formula is C17H18N2O4. The molecule has 0 fully saturated rings. The summed E-state index contributed by atoms with van der Waals surface area (Å²) in [5, 5.41) is 2.78. The number of carbonyl (C=O) groups is 2. The fourth-order valence-electron chi connectivity index (χ4n) is 2.06. The van der Waals surface area contributed by atoms with E-state index in [2.05, 4.69) is 5.32 Å². The van der Waals surface area contributed by atoms with Gasteiger partial charge in [0.2, 0.25) is 5.91 Å². The molecule has 0 aliphatic rings. The molecule has 2 amide bonds. The number of carbonyl (C=O) groups excluding carboxylic acids is 2. The second-order valence-electron chi connectivity index (χ2n) is 4.85. The Morgan fingerprint density at radius 1 is 1.00 bits per heavy atom. The van der Waals surface area contributed by atoms with Crippen LogP contribution < -0.4 is 20.5 Å². The van der Waals surface area contributed by atoms with Crippen LogP contribution in [0.1, 0.15) is 26.3 Å². The first-order valence-corrected chi connectivity index (χ1v) is 6.93. The molecule has 6 nitrogen and oxygen atoms in total. The van der Waals surface area contributed by atoms with Gasteiger partial charge < -0.3 is 20.5 Å². The third kappa shape index (κ3) is 4.23. The molecule has 23 heavy (non-hydrogen) atoms. The monoisotopic (exact) mass is 314 g/mol. The van der Waals surface area contributed by atoms with Gasteiger partial charge in [0.05, 0.1) is 14.2 Å². The van der Waals surface area contributed by atoms with Gasteiger partial charge in [-0.25, -0.2) is 0 Å². The van der Waals surface area contributed by atoms with Gasteiger partial charge in [-0.15, -0.1) is 0 Å². The zero-order chi connectivity index (χ0) is 16.8. The van der Waals surface area contributed by atoms with Crippen LogP contribution in [-0.2, 0) is 6.54 Å². The first-order valence-electron chi connectivity index (χ1n) is 6.93. The Labute approximate surface area is 134 Å². The van der Waals surface area contributed by atoms with Crippen LogP contribution in [0.4, 0.5) is 0 Å². The van der Waals surface area contributed by atoms with E-state index in [9.17, 15) is 9.59 Å². The van der Waals surface area contributed by atoms with Gasteiger partial charge >= 0.3 is 0 Å². The minimum Gasteiger partial charge on any atom is -0.497 e. The minimum atomic E-state index is -0.504. The predicted octanol–water partition coefficient (Wildman–Crippen LogP) is 1.73. The van der Waals surface area contributed by atoms with Crippen LogP contribution in [0.15, 0.2) is 42.5 Å². The summed E-state index contributed by atoms with van der Waals surface area (Å²) < 4.78 is 10.3. The van der Waals surface area contributed by atoms with Crippen LogP contribution >= 0.6 is 0 Å². The molecule has 0 atom stereocenters. The lowest BCUT2D eigenvalue weighted by Gasteiger charge is -2.09. The number of hydrogen-bond acceptors (Lipinski definition) is 4. The van der Waals surface area contributed by atoms with Gasteiger partial charge in [-0.1, -0.05) is 12.1 Å². The molecule has 0 aliphatic carbocycles. The Kier molecular flexibility index (Phi) is 5.19. The molecule has 2 aromatic carbocycles. The predicted molar refractivity (Wildman–Crippen MR) is 85.7 cm³/mol. The molecule has 0 bridgehead atoms. The van der Waals surface area contributed by atoms with Crippen molar-refractivity contribution in [1.29, 1.82) is 0 Å². The highest BCUT2D eigenvalue weighted by atomic mass is 16.5. The topological polar surface area (TPSA) is 90.7 Å². The lowest BCUT2D eigenvalue weighted by atomic mass is 10.1. The normalized spacial score (nSPS) is 10.0. The molecule has 0 heterocycles. The Morgan fingerprint density at radius 3 is 2.22 bits per heavy atom. The average molecular weight is 314 g/mol. The lowest BCUT2D eigenvalue weighted by molar-refractivity contribution is 0.0949. The van der Waals surface area contributed by atoms with E-state index >= 15 is 0 Å². The van der Waals surface area contributed by atoms with E-state index in [0.29, 0.717) is 22.6 Å². The number of rotatable bonds is 6. The quantitative estimate of drug-likeness (QED) is 0.849. The molecule has 6 heteroatoms. The number of primary amides is 1. The zero-order valence-corrected chi connectivity index (χ0v) is 13.0. The van der Waals surface area contributed by atoms with Crippen LogP contribution in [0, 0.1) is 0 Å². The summed E-state index contributed by atoms with van der Waals surface area (Å²) in [5.74, 6) is 0.290. The van der Waals surface area contributed by atoms with Crippen molar-refractivity contribution in [3.63, 3.8) is 0 Å².